The Hall–Kier alpha value is -0.670. The Bertz CT molecular complexity index is 257. The standard InChI is InChI=1S/C12H20N2S/c1-3-5-6-11(4-2)13-8-7-12-14-9-10-15-12/h3,9-11,13H,1,4-8H2,2H3. The first-order valence-electron chi connectivity index (χ1n) is 5.59. The average molecular weight is 224 g/mol. The van der Waals surface area contributed by atoms with Crippen molar-refractivity contribution < 1.29 is 0 Å². The van der Waals surface area contributed by atoms with E-state index in [1.807, 2.05) is 17.7 Å². The van der Waals surface area contributed by atoms with Crippen LogP contribution in [0.5, 0.6) is 0 Å². The summed E-state index contributed by atoms with van der Waals surface area (Å²) in [7, 11) is 0. The molecule has 0 radical (unpaired) electrons. The van der Waals surface area contributed by atoms with Gasteiger partial charge in [0.1, 0.15) is 0 Å². The molecule has 0 fully saturated rings. The van der Waals surface area contributed by atoms with E-state index < -0.39 is 0 Å². The molecule has 1 N–H and O–H groups in total. The lowest BCUT2D eigenvalue weighted by Crippen LogP contribution is -2.30. The van der Waals surface area contributed by atoms with Crippen molar-refractivity contribution in [3.63, 3.8) is 0 Å². The second-order valence-corrected chi connectivity index (χ2v) is 4.58. The minimum atomic E-state index is 0.628. The molecule has 0 saturated carbocycles. The summed E-state index contributed by atoms with van der Waals surface area (Å²) in [5.41, 5.74) is 0. The number of thiazole rings is 1. The van der Waals surface area contributed by atoms with E-state index in [2.05, 4.69) is 23.8 Å². The number of rotatable bonds is 8. The van der Waals surface area contributed by atoms with Crippen molar-refractivity contribution in [1.82, 2.24) is 10.3 Å². The largest absolute Gasteiger partial charge is 0.314 e. The van der Waals surface area contributed by atoms with Crippen LogP contribution in [0.25, 0.3) is 0 Å². The molecule has 0 aliphatic rings. The van der Waals surface area contributed by atoms with Crippen LogP contribution in [0.15, 0.2) is 24.2 Å². The molecule has 0 amide bonds. The predicted octanol–water partition coefficient (Wildman–Crippen LogP) is 3.02. The molecular weight excluding hydrogens is 204 g/mol. The van der Waals surface area contributed by atoms with Crippen LogP contribution in [-0.4, -0.2) is 17.6 Å². The topological polar surface area (TPSA) is 24.9 Å². The maximum Gasteiger partial charge on any atom is 0.0937 e. The predicted molar refractivity (Wildman–Crippen MR) is 67.3 cm³/mol. The zero-order chi connectivity index (χ0) is 10.9. The second-order valence-electron chi connectivity index (χ2n) is 3.60. The van der Waals surface area contributed by atoms with Gasteiger partial charge in [0.15, 0.2) is 0 Å². The van der Waals surface area contributed by atoms with E-state index in [4.69, 9.17) is 0 Å². The first-order chi connectivity index (χ1) is 7.36. The Kier molecular flexibility index (Phi) is 6.28. The summed E-state index contributed by atoms with van der Waals surface area (Å²) in [5, 5.41) is 6.82. The van der Waals surface area contributed by atoms with Gasteiger partial charge in [-0.2, -0.15) is 0 Å². The summed E-state index contributed by atoms with van der Waals surface area (Å²) >= 11 is 1.73. The highest BCUT2D eigenvalue weighted by molar-refractivity contribution is 7.09. The molecule has 2 nitrogen and oxygen atoms in total. The molecule has 3 heteroatoms. The summed E-state index contributed by atoms with van der Waals surface area (Å²) < 4.78 is 0. The molecule has 1 unspecified atom stereocenters. The van der Waals surface area contributed by atoms with Crippen molar-refractivity contribution in [1.29, 1.82) is 0 Å². The number of nitrogens with zero attached hydrogens (tertiary/aromatic N) is 1. The third-order valence-electron chi connectivity index (χ3n) is 2.47. The minimum absolute atomic E-state index is 0.628. The van der Waals surface area contributed by atoms with Crippen molar-refractivity contribution in [2.24, 2.45) is 0 Å². The highest BCUT2D eigenvalue weighted by Crippen LogP contribution is 2.05. The Morgan fingerprint density at radius 3 is 3.13 bits per heavy atom. The lowest BCUT2D eigenvalue weighted by atomic mass is 10.1. The van der Waals surface area contributed by atoms with E-state index in [1.54, 1.807) is 11.3 Å². The van der Waals surface area contributed by atoms with Gasteiger partial charge in [0.05, 0.1) is 5.01 Å². The molecule has 1 aromatic heterocycles. The molecule has 0 aliphatic heterocycles. The van der Waals surface area contributed by atoms with Crippen LogP contribution in [0.3, 0.4) is 0 Å². The maximum absolute atomic E-state index is 4.26. The number of allylic oxidation sites excluding steroid dienone is 1. The van der Waals surface area contributed by atoms with Crippen LogP contribution < -0.4 is 5.32 Å². The lowest BCUT2D eigenvalue weighted by Gasteiger charge is -2.15. The third-order valence-corrected chi connectivity index (χ3v) is 3.31. The highest BCUT2D eigenvalue weighted by atomic mass is 32.1. The first kappa shape index (κ1) is 12.4. The van der Waals surface area contributed by atoms with Crippen LogP contribution in [0.4, 0.5) is 0 Å². The van der Waals surface area contributed by atoms with E-state index in [0.29, 0.717) is 6.04 Å². The zero-order valence-electron chi connectivity index (χ0n) is 9.41. The molecule has 1 rings (SSSR count). The number of hydrogen-bond acceptors (Lipinski definition) is 3. The van der Waals surface area contributed by atoms with E-state index in [9.17, 15) is 0 Å². The molecule has 1 atom stereocenters. The number of aromatic nitrogens is 1. The second kappa shape index (κ2) is 7.60. The summed E-state index contributed by atoms with van der Waals surface area (Å²) in [6.07, 6.45) is 8.38. The van der Waals surface area contributed by atoms with Crippen LogP contribution in [-0.2, 0) is 6.42 Å². The first-order valence-corrected chi connectivity index (χ1v) is 6.47. The summed E-state index contributed by atoms with van der Waals surface area (Å²) in [4.78, 5) is 4.26. The zero-order valence-corrected chi connectivity index (χ0v) is 10.2. The van der Waals surface area contributed by atoms with Crippen LogP contribution in [0.2, 0.25) is 0 Å². The van der Waals surface area contributed by atoms with Crippen LogP contribution in [0.1, 0.15) is 31.2 Å². The third kappa shape index (κ3) is 5.09. The normalized spacial score (nSPS) is 12.6. The number of hydrogen-bond donors (Lipinski definition) is 1. The molecule has 0 bridgehead atoms. The van der Waals surface area contributed by atoms with Gasteiger partial charge in [-0.05, 0) is 19.3 Å². The van der Waals surface area contributed by atoms with Crippen LogP contribution in [0, 0.1) is 0 Å². The maximum atomic E-state index is 4.26. The molecule has 15 heavy (non-hydrogen) atoms. The fourth-order valence-corrected chi connectivity index (χ4v) is 2.15. The molecule has 84 valence electrons. The molecule has 1 aromatic rings. The van der Waals surface area contributed by atoms with Gasteiger partial charge < -0.3 is 5.32 Å². The van der Waals surface area contributed by atoms with E-state index in [-0.39, 0.29) is 0 Å². The average Bonchev–Trinajstić information content (AvgIpc) is 2.76. The van der Waals surface area contributed by atoms with E-state index >= 15 is 0 Å². The van der Waals surface area contributed by atoms with Gasteiger partial charge in [-0.3, -0.25) is 0 Å². The van der Waals surface area contributed by atoms with Gasteiger partial charge in [-0.25, -0.2) is 4.98 Å². The Labute approximate surface area is 96.4 Å². The lowest BCUT2D eigenvalue weighted by molar-refractivity contribution is 0.474. The van der Waals surface area contributed by atoms with Gasteiger partial charge in [0.25, 0.3) is 0 Å². The smallest absolute Gasteiger partial charge is 0.0937 e. The summed E-state index contributed by atoms with van der Waals surface area (Å²) in [6, 6.07) is 0.628. The van der Waals surface area contributed by atoms with Crippen LogP contribution >= 0.6 is 11.3 Å². The Morgan fingerprint density at radius 2 is 2.53 bits per heavy atom. The van der Waals surface area contributed by atoms with Crippen molar-refractivity contribution in [2.45, 2.75) is 38.6 Å². The quantitative estimate of drug-likeness (QED) is 0.687. The molecule has 0 aliphatic carbocycles. The van der Waals surface area contributed by atoms with Gasteiger partial charge in [0, 0.05) is 30.6 Å². The van der Waals surface area contributed by atoms with Gasteiger partial charge in [-0.15, -0.1) is 17.9 Å². The summed E-state index contributed by atoms with van der Waals surface area (Å²) in [6.45, 7) is 7.01. The Morgan fingerprint density at radius 1 is 1.67 bits per heavy atom. The molecule has 0 spiro atoms. The van der Waals surface area contributed by atoms with E-state index in [1.165, 1.54) is 17.8 Å². The molecule has 0 aromatic carbocycles. The molecule has 1 heterocycles. The fraction of sp³-hybridized carbons (Fsp3) is 0.583. The molecular formula is C12H20N2S. The molecule has 0 saturated heterocycles. The Balaban J connectivity index is 2.14. The van der Waals surface area contributed by atoms with Gasteiger partial charge in [0.2, 0.25) is 0 Å². The van der Waals surface area contributed by atoms with Gasteiger partial charge >= 0.3 is 0 Å². The minimum Gasteiger partial charge on any atom is -0.314 e. The van der Waals surface area contributed by atoms with Crippen molar-refractivity contribution in [3.8, 4) is 0 Å². The van der Waals surface area contributed by atoms with Crippen molar-refractivity contribution in [2.75, 3.05) is 6.54 Å². The fourth-order valence-electron chi connectivity index (χ4n) is 1.53. The number of nitrogens with one attached hydrogen (secondary N) is 1. The van der Waals surface area contributed by atoms with Crippen molar-refractivity contribution in [3.05, 3.63) is 29.2 Å². The monoisotopic (exact) mass is 224 g/mol. The SMILES string of the molecule is C=CCCC(CC)NCCc1nccs1. The summed E-state index contributed by atoms with van der Waals surface area (Å²) in [5.74, 6) is 0. The van der Waals surface area contributed by atoms with Crippen molar-refractivity contribution >= 4 is 11.3 Å². The van der Waals surface area contributed by atoms with E-state index in [0.717, 1.165) is 19.4 Å². The highest BCUT2D eigenvalue weighted by Gasteiger charge is 2.04. The van der Waals surface area contributed by atoms with Gasteiger partial charge in [-0.1, -0.05) is 13.0 Å².